The Kier molecular flexibility index (Phi) is 12.8. The number of benzene rings is 4. The van der Waals surface area contributed by atoms with Crippen molar-refractivity contribution >= 4 is 35.4 Å². The first-order valence-corrected chi connectivity index (χ1v) is 16.7. The van der Waals surface area contributed by atoms with Crippen molar-refractivity contribution in [3.05, 3.63) is 125 Å². The zero-order valence-electron chi connectivity index (χ0n) is 29.3. The third-order valence-corrected chi connectivity index (χ3v) is 8.86. The van der Waals surface area contributed by atoms with Gasteiger partial charge in [-0.3, -0.25) is 24.0 Å². The molecule has 2 amide bonds. The van der Waals surface area contributed by atoms with Crippen LogP contribution < -0.4 is 5.32 Å². The second-order valence-corrected chi connectivity index (χ2v) is 12.7. The molecule has 4 aromatic carbocycles. The predicted molar refractivity (Wildman–Crippen MR) is 190 cm³/mol. The van der Waals surface area contributed by atoms with Gasteiger partial charge in [-0.15, -0.1) is 0 Å². The lowest BCUT2D eigenvalue weighted by Gasteiger charge is -2.31. The fourth-order valence-corrected chi connectivity index (χ4v) is 6.14. The highest BCUT2D eigenvalue weighted by Gasteiger charge is 2.44. The summed E-state index contributed by atoms with van der Waals surface area (Å²) in [6.07, 6.45) is -5.53. The molecule has 4 aromatic rings. The Labute approximate surface area is 304 Å². The number of hydrogen-bond donors (Lipinski definition) is 3. The van der Waals surface area contributed by atoms with Crippen molar-refractivity contribution in [2.75, 3.05) is 26.0 Å². The lowest BCUT2D eigenvalue weighted by molar-refractivity contribution is -0.156. The number of alkyl halides is 3. The lowest BCUT2D eigenvalue weighted by Crippen LogP contribution is -2.40. The molecule has 3 N–H and O–H groups in total. The quantitative estimate of drug-likeness (QED) is 0.108. The molecular formula is C40H39F3N2O8. The molecule has 4 rings (SSSR count). The number of esters is 1. The van der Waals surface area contributed by atoms with Crippen molar-refractivity contribution in [1.82, 2.24) is 4.90 Å². The molecule has 0 aliphatic rings. The van der Waals surface area contributed by atoms with Crippen LogP contribution in [-0.4, -0.2) is 65.5 Å². The zero-order chi connectivity index (χ0) is 38.9. The van der Waals surface area contributed by atoms with Gasteiger partial charge in [0.25, 0.3) is 11.8 Å². The molecule has 0 spiro atoms. The molecule has 0 aliphatic heterocycles. The number of carboxylic acid groups (broad SMARTS) is 2. The summed E-state index contributed by atoms with van der Waals surface area (Å²) in [6.45, 7) is 1.58. The van der Waals surface area contributed by atoms with Crippen LogP contribution in [0.3, 0.4) is 0 Å². The number of anilines is 1. The number of nitrogens with one attached hydrogen (secondary N) is 1. The Balaban J connectivity index is 1.64. The molecule has 0 aliphatic carbocycles. The van der Waals surface area contributed by atoms with Crippen LogP contribution in [0.2, 0.25) is 0 Å². The normalized spacial score (nSPS) is 12.9. The van der Waals surface area contributed by atoms with Crippen LogP contribution in [0.25, 0.3) is 11.1 Å². The molecule has 0 bridgehead atoms. The van der Waals surface area contributed by atoms with Crippen molar-refractivity contribution in [3.63, 3.8) is 0 Å². The van der Waals surface area contributed by atoms with Crippen LogP contribution in [0, 0.1) is 5.92 Å². The van der Waals surface area contributed by atoms with E-state index in [1.165, 1.54) is 49.3 Å². The first-order chi connectivity index (χ1) is 25.1. The minimum atomic E-state index is -4.53. The maximum absolute atomic E-state index is 13.6. The van der Waals surface area contributed by atoms with Crippen LogP contribution in [0.1, 0.15) is 63.6 Å². The average Bonchev–Trinajstić information content (AvgIpc) is 3.12. The third-order valence-electron chi connectivity index (χ3n) is 8.86. The molecule has 2 atom stereocenters. The zero-order valence-corrected chi connectivity index (χ0v) is 29.3. The molecule has 0 aromatic heterocycles. The minimum Gasteiger partial charge on any atom is -0.481 e. The predicted octanol–water partition coefficient (Wildman–Crippen LogP) is 7.33. The van der Waals surface area contributed by atoms with Crippen molar-refractivity contribution in [3.8, 4) is 11.1 Å². The number of halogens is 3. The second-order valence-electron chi connectivity index (χ2n) is 12.7. The molecular weight excluding hydrogens is 693 g/mol. The van der Waals surface area contributed by atoms with Crippen molar-refractivity contribution in [2.24, 2.45) is 5.92 Å². The minimum absolute atomic E-state index is 0.0123. The topological polar surface area (TPSA) is 150 Å². The number of amides is 2. The fraction of sp³-hybridized carbons (Fsp3) is 0.275. The smallest absolute Gasteiger partial charge is 0.416 e. The highest BCUT2D eigenvalue weighted by atomic mass is 19.4. The van der Waals surface area contributed by atoms with Crippen molar-refractivity contribution in [1.29, 1.82) is 0 Å². The van der Waals surface area contributed by atoms with E-state index in [1.54, 1.807) is 61.5 Å². The summed E-state index contributed by atoms with van der Waals surface area (Å²) in [7, 11) is 3.00. The third kappa shape index (κ3) is 9.67. The Morgan fingerprint density at radius 2 is 1.45 bits per heavy atom. The molecule has 2 unspecified atom stereocenters. The van der Waals surface area contributed by atoms with E-state index < -0.39 is 59.2 Å². The van der Waals surface area contributed by atoms with Crippen LogP contribution in [0.4, 0.5) is 18.9 Å². The van der Waals surface area contributed by atoms with Gasteiger partial charge in [-0.25, -0.2) is 0 Å². The summed E-state index contributed by atoms with van der Waals surface area (Å²) < 4.78 is 44.8. The summed E-state index contributed by atoms with van der Waals surface area (Å²) in [5.74, 6) is -5.50. The molecule has 0 heterocycles. The number of nitrogens with zero attached hydrogens (tertiary/aromatic N) is 1. The summed E-state index contributed by atoms with van der Waals surface area (Å²) in [5.41, 5.74) is -0.678. The van der Waals surface area contributed by atoms with Crippen LogP contribution in [0.5, 0.6) is 0 Å². The number of ether oxygens (including phenoxy) is 1. The van der Waals surface area contributed by atoms with Gasteiger partial charge in [0.05, 0.1) is 35.8 Å². The van der Waals surface area contributed by atoms with E-state index in [9.17, 15) is 47.4 Å². The number of rotatable bonds is 15. The van der Waals surface area contributed by atoms with Gasteiger partial charge < -0.3 is 25.2 Å². The van der Waals surface area contributed by atoms with Crippen LogP contribution in [0.15, 0.2) is 97.1 Å². The standard InChI is InChI=1S/C40H39F3N2O8/c1-4-53-38(52)39(24-34(46)47,28-10-6-5-7-11-28)21-20-27(37(50)51)22-25-14-19-33(32(23-25)36(49)45(2)3)44-35(48)31-13-9-8-12-30(31)26-15-17-29(18-16-26)40(41,42)43/h5-19,23,27H,4,20-22,24H2,1-3H3,(H,44,48)(H,46,47)(H,50,51). The largest absolute Gasteiger partial charge is 0.481 e. The lowest BCUT2D eigenvalue weighted by atomic mass is 9.72. The van der Waals surface area contributed by atoms with E-state index in [4.69, 9.17) is 4.74 Å². The van der Waals surface area contributed by atoms with Gasteiger partial charge in [-0.1, -0.05) is 66.7 Å². The Morgan fingerprint density at radius 1 is 0.811 bits per heavy atom. The van der Waals surface area contributed by atoms with Gasteiger partial charge in [0.2, 0.25) is 0 Å². The van der Waals surface area contributed by atoms with E-state index in [0.717, 1.165) is 12.1 Å². The number of aliphatic carboxylic acids is 2. The summed E-state index contributed by atoms with van der Waals surface area (Å²) in [6, 6.07) is 23.4. The number of carboxylic acids is 2. The first kappa shape index (κ1) is 39.8. The highest BCUT2D eigenvalue weighted by Crippen LogP contribution is 2.37. The van der Waals surface area contributed by atoms with Gasteiger partial charge in [-0.05, 0) is 78.8 Å². The van der Waals surface area contributed by atoms with E-state index in [2.05, 4.69) is 5.32 Å². The van der Waals surface area contributed by atoms with E-state index in [1.807, 2.05) is 0 Å². The molecule has 13 heteroatoms. The first-order valence-electron chi connectivity index (χ1n) is 16.7. The molecule has 53 heavy (non-hydrogen) atoms. The Morgan fingerprint density at radius 3 is 2.04 bits per heavy atom. The fourth-order valence-electron chi connectivity index (χ4n) is 6.14. The van der Waals surface area contributed by atoms with E-state index in [-0.39, 0.29) is 42.7 Å². The summed E-state index contributed by atoms with van der Waals surface area (Å²) in [4.78, 5) is 66.2. The van der Waals surface area contributed by atoms with Gasteiger partial charge in [0.15, 0.2) is 0 Å². The SMILES string of the molecule is CCOC(=O)C(CCC(Cc1ccc(NC(=O)c2ccccc2-c2ccc(C(F)(F)F)cc2)c(C(=O)N(C)C)c1)C(=O)O)(CC(=O)O)c1ccccc1. The molecule has 0 fully saturated rings. The van der Waals surface area contributed by atoms with Gasteiger partial charge in [-0.2, -0.15) is 13.2 Å². The van der Waals surface area contributed by atoms with E-state index in [0.29, 0.717) is 22.3 Å². The van der Waals surface area contributed by atoms with Crippen molar-refractivity contribution in [2.45, 2.75) is 44.2 Å². The van der Waals surface area contributed by atoms with Crippen LogP contribution in [-0.2, 0) is 37.1 Å². The summed E-state index contributed by atoms with van der Waals surface area (Å²) in [5, 5.41) is 22.8. The van der Waals surface area contributed by atoms with Crippen LogP contribution >= 0.6 is 0 Å². The van der Waals surface area contributed by atoms with Crippen molar-refractivity contribution < 1.29 is 52.1 Å². The Hall–Kier alpha value is -5.98. The van der Waals surface area contributed by atoms with Gasteiger partial charge in [0, 0.05) is 19.7 Å². The monoisotopic (exact) mass is 732 g/mol. The number of carbonyl (C=O) groups is 5. The van der Waals surface area contributed by atoms with Gasteiger partial charge in [0.1, 0.15) is 5.41 Å². The summed E-state index contributed by atoms with van der Waals surface area (Å²) >= 11 is 0. The highest BCUT2D eigenvalue weighted by molar-refractivity contribution is 6.11. The molecule has 278 valence electrons. The molecule has 10 nitrogen and oxygen atoms in total. The van der Waals surface area contributed by atoms with Gasteiger partial charge >= 0.3 is 24.1 Å². The molecule has 0 saturated carbocycles. The molecule has 0 radical (unpaired) electrons. The average molecular weight is 733 g/mol. The molecule has 0 saturated heterocycles. The number of hydrogen-bond acceptors (Lipinski definition) is 6. The maximum Gasteiger partial charge on any atom is 0.416 e. The maximum atomic E-state index is 13.6. The second kappa shape index (κ2) is 17.0. The Bertz CT molecular complexity index is 1960. The number of carbonyl (C=O) groups excluding carboxylic acids is 3. The van der Waals surface area contributed by atoms with E-state index >= 15 is 0 Å².